The molecule has 0 spiro atoms. The number of carbonyl (C=O) groups excluding carboxylic acids is 3. The summed E-state index contributed by atoms with van der Waals surface area (Å²) in [6, 6.07) is 9.70. The summed E-state index contributed by atoms with van der Waals surface area (Å²) in [4.78, 5) is 43.1. The van der Waals surface area contributed by atoms with Gasteiger partial charge in [0.05, 0.1) is 19.1 Å². The third-order valence-corrected chi connectivity index (χ3v) is 4.12. The van der Waals surface area contributed by atoms with E-state index in [-0.39, 0.29) is 17.0 Å². The third-order valence-electron chi connectivity index (χ3n) is 4.12. The number of benzene rings is 2. The van der Waals surface area contributed by atoms with Crippen LogP contribution in [0.15, 0.2) is 48.8 Å². The molecule has 0 saturated heterocycles. The SMILES string of the molecule is CNC(=O)c1nc[nH]c1C(=O)Nc1ccc(NC(=O)c2ccc(F)cc2)c(OC)c1. The number of carbonyl (C=O) groups is 3. The zero-order chi connectivity index (χ0) is 21.7. The molecular formula is C20H18FN5O4. The van der Waals surface area contributed by atoms with Crippen molar-refractivity contribution in [2.45, 2.75) is 0 Å². The molecule has 1 heterocycles. The quantitative estimate of drug-likeness (QED) is 0.496. The molecule has 3 amide bonds. The normalized spacial score (nSPS) is 10.2. The molecule has 9 nitrogen and oxygen atoms in total. The van der Waals surface area contributed by atoms with E-state index in [1.165, 1.54) is 50.8 Å². The minimum atomic E-state index is -0.573. The second-order valence-electron chi connectivity index (χ2n) is 6.04. The highest BCUT2D eigenvalue weighted by Crippen LogP contribution is 2.28. The van der Waals surface area contributed by atoms with Crippen molar-refractivity contribution in [1.82, 2.24) is 15.3 Å². The summed E-state index contributed by atoms with van der Waals surface area (Å²) < 4.78 is 18.3. The first-order valence-corrected chi connectivity index (χ1v) is 8.74. The first-order chi connectivity index (χ1) is 14.4. The number of imidazole rings is 1. The number of aromatic amines is 1. The van der Waals surface area contributed by atoms with Gasteiger partial charge < -0.3 is 25.7 Å². The van der Waals surface area contributed by atoms with E-state index in [0.29, 0.717) is 17.1 Å². The lowest BCUT2D eigenvalue weighted by Crippen LogP contribution is -2.23. The molecule has 0 unspecified atom stereocenters. The van der Waals surface area contributed by atoms with Crippen molar-refractivity contribution in [1.29, 1.82) is 0 Å². The first kappa shape index (κ1) is 20.5. The molecule has 0 fully saturated rings. The van der Waals surface area contributed by atoms with Crippen LogP contribution in [0.25, 0.3) is 0 Å². The summed E-state index contributed by atoms with van der Waals surface area (Å²) in [5.41, 5.74) is 0.968. The van der Waals surface area contributed by atoms with Crippen LogP contribution in [0.3, 0.4) is 0 Å². The minimum Gasteiger partial charge on any atom is -0.494 e. The number of nitrogens with one attached hydrogen (secondary N) is 4. The van der Waals surface area contributed by atoms with Crippen molar-refractivity contribution in [3.8, 4) is 5.75 Å². The summed E-state index contributed by atoms with van der Waals surface area (Å²) in [6.45, 7) is 0. The van der Waals surface area contributed by atoms with Gasteiger partial charge >= 0.3 is 0 Å². The summed E-state index contributed by atoms with van der Waals surface area (Å²) >= 11 is 0. The minimum absolute atomic E-state index is 0.00186. The highest BCUT2D eigenvalue weighted by atomic mass is 19.1. The molecule has 0 radical (unpaired) electrons. The van der Waals surface area contributed by atoms with Crippen LogP contribution in [0.4, 0.5) is 15.8 Å². The van der Waals surface area contributed by atoms with Crippen LogP contribution >= 0.6 is 0 Å². The number of rotatable bonds is 6. The smallest absolute Gasteiger partial charge is 0.274 e. The van der Waals surface area contributed by atoms with Gasteiger partial charge in [0.15, 0.2) is 5.69 Å². The van der Waals surface area contributed by atoms with Crippen molar-refractivity contribution >= 4 is 29.1 Å². The maximum Gasteiger partial charge on any atom is 0.274 e. The Morgan fingerprint density at radius 1 is 1.00 bits per heavy atom. The molecule has 154 valence electrons. The third kappa shape index (κ3) is 4.43. The van der Waals surface area contributed by atoms with Crippen LogP contribution in [0, 0.1) is 5.82 Å². The molecule has 30 heavy (non-hydrogen) atoms. The molecule has 2 aromatic carbocycles. The van der Waals surface area contributed by atoms with Crippen molar-refractivity contribution in [2.24, 2.45) is 0 Å². The van der Waals surface area contributed by atoms with E-state index < -0.39 is 23.5 Å². The largest absolute Gasteiger partial charge is 0.494 e. The molecule has 0 bridgehead atoms. The monoisotopic (exact) mass is 411 g/mol. The Balaban J connectivity index is 1.76. The Morgan fingerprint density at radius 3 is 2.40 bits per heavy atom. The molecule has 0 aliphatic rings. The number of methoxy groups -OCH3 is 1. The van der Waals surface area contributed by atoms with Crippen molar-refractivity contribution in [2.75, 3.05) is 24.8 Å². The first-order valence-electron chi connectivity index (χ1n) is 8.74. The van der Waals surface area contributed by atoms with Gasteiger partial charge in [-0.05, 0) is 36.4 Å². The lowest BCUT2D eigenvalue weighted by molar-refractivity contribution is 0.0943. The second kappa shape index (κ2) is 8.86. The van der Waals surface area contributed by atoms with E-state index in [1.807, 2.05) is 0 Å². The highest BCUT2D eigenvalue weighted by molar-refractivity contribution is 6.10. The second-order valence-corrected chi connectivity index (χ2v) is 6.04. The predicted molar refractivity (Wildman–Crippen MR) is 107 cm³/mol. The number of amides is 3. The maximum atomic E-state index is 13.0. The van der Waals surface area contributed by atoms with Crippen molar-refractivity contribution in [3.63, 3.8) is 0 Å². The number of hydrogen-bond acceptors (Lipinski definition) is 5. The molecule has 3 rings (SSSR count). The van der Waals surface area contributed by atoms with Gasteiger partial charge in [-0.1, -0.05) is 0 Å². The average Bonchev–Trinajstić information content (AvgIpc) is 3.24. The maximum absolute atomic E-state index is 13.0. The van der Waals surface area contributed by atoms with Crippen LogP contribution < -0.4 is 20.7 Å². The van der Waals surface area contributed by atoms with Crippen LogP contribution in [0.2, 0.25) is 0 Å². The van der Waals surface area contributed by atoms with Crippen LogP contribution in [-0.2, 0) is 0 Å². The van der Waals surface area contributed by atoms with Gasteiger partial charge in [-0.15, -0.1) is 0 Å². The molecule has 1 aromatic heterocycles. The molecule has 0 aliphatic carbocycles. The fourth-order valence-electron chi connectivity index (χ4n) is 2.62. The molecule has 3 aromatic rings. The summed E-state index contributed by atoms with van der Waals surface area (Å²) in [5, 5.41) is 7.71. The van der Waals surface area contributed by atoms with Crippen LogP contribution in [0.1, 0.15) is 31.3 Å². The molecule has 10 heteroatoms. The lowest BCUT2D eigenvalue weighted by atomic mass is 10.2. The topological polar surface area (TPSA) is 125 Å². The molecule has 0 atom stereocenters. The average molecular weight is 411 g/mol. The molecule has 4 N–H and O–H groups in total. The van der Waals surface area contributed by atoms with Crippen molar-refractivity contribution in [3.05, 3.63) is 71.6 Å². The number of anilines is 2. The number of H-pyrrole nitrogens is 1. The molecule has 0 aliphatic heterocycles. The van der Waals surface area contributed by atoms with Crippen LogP contribution in [0.5, 0.6) is 5.75 Å². The van der Waals surface area contributed by atoms with E-state index in [2.05, 4.69) is 25.9 Å². The number of aromatic nitrogens is 2. The van der Waals surface area contributed by atoms with Gasteiger partial charge in [-0.3, -0.25) is 14.4 Å². The lowest BCUT2D eigenvalue weighted by Gasteiger charge is -2.13. The van der Waals surface area contributed by atoms with Gasteiger partial charge in [-0.2, -0.15) is 0 Å². The van der Waals surface area contributed by atoms with Gasteiger partial charge in [0, 0.05) is 24.4 Å². The number of nitrogens with zero attached hydrogens (tertiary/aromatic N) is 1. The highest BCUT2D eigenvalue weighted by Gasteiger charge is 2.20. The van der Waals surface area contributed by atoms with Crippen LogP contribution in [-0.4, -0.2) is 41.8 Å². The van der Waals surface area contributed by atoms with Gasteiger partial charge in [-0.25, -0.2) is 9.37 Å². The Bertz CT molecular complexity index is 1090. The van der Waals surface area contributed by atoms with E-state index in [4.69, 9.17) is 4.74 Å². The van der Waals surface area contributed by atoms with E-state index in [9.17, 15) is 18.8 Å². The Morgan fingerprint density at radius 2 is 1.73 bits per heavy atom. The predicted octanol–water partition coefficient (Wildman–Crippen LogP) is 2.42. The fourth-order valence-corrected chi connectivity index (χ4v) is 2.62. The number of ether oxygens (including phenoxy) is 1. The van der Waals surface area contributed by atoms with E-state index in [0.717, 1.165) is 0 Å². The van der Waals surface area contributed by atoms with Gasteiger partial charge in [0.25, 0.3) is 17.7 Å². The van der Waals surface area contributed by atoms with E-state index >= 15 is 0 Å². The zero-order valence-corrected chi connectivity index (χ0v) is 16.1. The van der Waals surface area contributed by atoms with Crippen molar-refractivity contribution < 1.29 is 23.5 Å². The molecular weight excluding hydrogens is 393 g/mol. The Hall–Kier alpha value is -4.21. The number of halogens is 1. The standard InChI is InChI=1S/C20H18FN5O4/c1-22-19(28)16-17(24-10-23-16)20(29)25-13-7-8-14(15(9-13)30-2)26-18(27)11-3-5-12(21)6-4-11/h3-10H,1-2H3,(H,22,28)(H,23,24)(H,25,29)(H,26,27). The fraction of sp³-hybridized carbons (Fsp3) is 0.100. The van der Waals surface area contributed by atoms with Gasteiger partial charge in [0.2, 0.25) is 0 Å². The summed E-state index contributed by atoms with van der Waals surface area (Å²) in [5.74, 6) is -1.67. The van der Waals surface area contributed by atoms with Gasteiger partial charge in [0.1, 0.15) is 17.3 Å². The summed E-state index contributed by atoms with van der Waals surface area (Å²) in [6.07, 6.45) is 1.24. The Kier molecular flexibility index (Phi) is 6.06. The number of hydrogen-bond donors (Lipinski definition) is 4. The summed E-state index contributed by atoms with van der Waals surface area (Å²) in [7, 11) is 2.84. The zero-order valence-electron chi connectivity index (χ0n) is 16.1. The Labute approximate surface area is 170 Å². The van der Waals surface area contributed by atoms with E-state index in [1.54, 1.807) is 12.1 Å². The molecule has 0 saturated carbocycles.